The van der Waals surface area contributed by atoms with Crippen molar-refractivity contribution in [1.29, 1.82) is 0 Å². The number of alkyl halides is 3. The van der Waals surface area contributed by atoms with Gasteiger partial charge < -0.3 is 4.74 Å². The van der Waals surface area contributed by atoms with Crippen LogP contribution in [0.5, 0.6) is 5.75 Å². The van der Waals surface area contributed by atoms with Gasteiger partial charge in [0.15, 0.2) is 0 Å². The Hall–Kier alpha value is -2.02. The van der Waals surface area contributed by atoms with Crippen LogP contribution >= 0.6 is 15.9 Å². The molecule has 0 fully saturated rings. The summed E-state index contributed by atoms with van der Waals surface area (Å²) in [6.45, 7) is 1.76. The van der Waals surface area contributed by atoms with Crippen LogP contribution in [0.15, 0.2) is 58.1 Å². The van der Waals surface area contributed by atoms with Crippen LogP contribution in [0.1, 0.15) is 12.5 Å². The van der Waals surface area contributed by atoms with Gasteiger partial charge in [-0.15, -0.1) is 13.2 Å². The molecule has 0 heterocycles. The third-order valence-corrected chi connectivity index (χ3v) is 3.23. The Morgan fingerprint density at radius 3 is 2.18 bits per heavy atom. The lowest BCUT2D eigenvalue weighted by atomic mass is 10.1. The minimum atomic E-state index is -4.69. The van der Waals surface area contributed by atoms with Crippen molar-refractivity contribution in [2.24, 2.45) is 5.10 Å². The summed E-state index contributed by atoms with van der Waals surface area (Å²) in [4.78, 5) is 0. The van der Waals surface area contributed by atoms with E-state index in [1.807, 2.05) is 24.3 Å². The van der Waals surface area contributed by atoms with E-state index in [2.05, 4.69) is 31.2 Å². The van der Waals surface area contributed by atoms with Gasteiger partial charge in [0, 0.05) is 4.47 Å². The van der Waals surface area contributed by atoms with Gasteiger partial charge in [-0.25, -0.2) is 0 Å². The number of hydrazone groups is 1. The lowest BCUT2D eigenvalue weighted by Crippen LogP contribution is -2.17. The first-order valence-corrected chi connectivity index (χ1v) is 7.05. The molecular weight excluding hydrogens is 361 g/mol. The molecule has 0 unspecified atom stereocenters. The fraction of sp³-hybridized carbons (Fsp3) is 0.133. The SMILES string of the molecule is C/C(=N\Nc1ccc(Br)cc1)c1ccc(OC(F)(F)F)cc1. The van der Waals surface area contributed by atoms with Crippen LogP contribution in [0, 0.1) is 0 Å². The van der Waals surface area contributed by atoms with Gasteiger partial charge in [0.25, 0.3) is 0 Å². The number of halogens is 4. The topological polar surface area (TPSA) is 33.6 Å². The summed E-state index contributed by atoms with van der Waals surface area (Å²) in [5.74, 6) is -0.259. The van der Waals surface area contributed by atoms with Crippen molar-refractivity contribution in [2.75, 3.05) is 5.43 Å². The highest BCUT2D eigenvalue weighted by molar-refractivity contribution is 9.10. The van der Waals surface area contributed by atoms with E-state index in [0.29, 0.717) is 11.3 Å². The van der Waals surface area contributed by atoms with Gasteiger partial charge >= 0.3 is 6.36 Å². The number of benzene rings is 2. The van der Waals surface area contributed by atoms with Crippen molar-refractivity contribution >= 4 is 27.3 Å². The summed E-state index contributed by atoms with van der Waals surface area (Å²) in [5, 5.41) is 4.19. The average molecular weight is 373 g/mol. The third kappa shape index (κ3) is 5.07. The second-order valence-electron chi connectivity index (χ2n) is 4.39. The highest BCUT2D eigenvalue weighted by Crippen LogP contribution is 2.23. The van der Waals surface area contributed by atoms with E-state index >= 15 is 0 Å². The standard InChI is InChI=1S/C15H12BrF3N2O/c1-10(20-21-13-6-4-12(16)5-7-13)11-2-8-14(9-3-11)22-15(17,18)19/h2-9,21H,1H3/b20-10+. The van der Waals surface area contributed by atoms with Gasteiger partial charge in [0.05, 0.1) is 11.4 Å². The molecule has 0 spiro atoms. The van der Waals surface area contributed by atoms with E-state index in [1.54, 1.807) is 6.92 Å². The van der Waals surface area contributed by atoms with E-state index in [4.69, 9.17) is 0 Å². The summed E-state index contributed by atoms with van der Waals surface area (Å²) in [6.07, 6.45) is -4.69. The monoisotopic (exact) mass is 372 g/mol. The zero-order valence-corrected chi connectivity index (χ0v) is 13.1. The molecule has 1 N–H and O–H groups in total. The second-order valence-corrected chi connectivity index (χ2v) is 5.30. The Morgan fingerprint density at radius 2 is 1.64 bits per heavy atom. The maximum absolute atomic E-state index is 12.1. The van der Waals surface area contributed by atoms with Crippen LogP contribution < -0.4 is 10.2 Å². The predicted octanol–water partition coefficient (Wildman–Crippen LogP) is 5.18. The molecule has 0 aliphatic rings. The van der Waals surface area contributed by atoms with E-state index < -0.39 is 6.36 Å². The molecule has 0 amide bonds. The maximum Gasteiger partial charge on any atom is 0.573 e. The predicted molar refractivity (Wildman–Crippen MR) is 83.1 cm³/mol. The normalized spacial score (nSPS) is 12.1. The molecule has 0 saturated carbocycles. The zero-order valence-electron chi connectivity index (χ0n) is 11.5. The summed E-state index contributed by atoms with van der Waals surface area (Å²) in [7, 11) is 0. The molecule has 0 radical (unpaired) electrons. The van der Waals surface area contributed by atoms with Crippen molar-refractivity contribution in [3.05, 3.63) is 58.6 Å². The molecule has 2 aromatic rings. The summed E-state index contributed by atoms with van der Waals surface area (Å²) in [5.41, 5.74) is 5.02. The minimum absolute atomic E-state index is 0.259. The molecule has 0 aliphatic heterocycles. The molecule has 116 valence electrons. The van der Waals surface area contributed by atoms with Gasteiger partial charge in [-0.2, -0.15) is 5.10 Å². The highest BCUT2D eigenvalue weighted by atomic mass is 79.9. The zero-order chi connectivity index (χ0) is 16.2. The van der Waals surface area contributed by atoms with E-state index in [9.17, 15) is 13.2 Å². The number of nitrogens with zero attached hydrogens (tertiary/aromatic N) is 1. The molecule has 7 heteroatoms. The van der Waals surface area contributed by atoms with Crippen LogP contribution in [-0.4, -0.2) is 12.1 Å². The Morgan fingerprint density at radius 1 is 1.05 bits per heavy atom. The van der Waals surface area contributed by atoms with Crippen LogP contribution in [0.2, 0.25) is 0 Å². The number of rotatable bonds is 4. The summed E-state index contributed by atoms with van der Waals surface area (Å²) >= 11 is 3.33. The molecule has 0 saturated heterocycles. The Kier molecular flexibility index (Phi) is 5.07. The minimum Gasteiger partial charge on any atom is -0.406 e. The number of hydrogen-bond acceptors (Lipinski definition) is 3. The summed E-state index contributed by atoms with van der Waals surface area (Å²) in [6, 6.07) is 13.0. The maximum atomic E-state index is 12.1. The Labute approximate surface area is 133 Å². The molecule has 0 aromatic heterocycles. The van der Waals surface area contributed by atoms with Crippen LogP contribution in [0.25, 0.3) is 0 Å². The smallest absolute Gasteiger partial charge is 0.406 e. The van der Waals surface area contributed by atoms with Gasteiger partial charge in [0.2, 0.25) is 0 Å². The Balaban J connectivity index is 2.04. The largest absolute Gasteiger partial charge is 0.573 e. The highest BCUT2D eigenvalue weighted by Gasteiger charge is 2.30. The molecular formula is C15H12BrF3N2O. The van der Waals surface area contributed by atoms with Crippen molar-refractivity contribution in [3.63, 3.8) is 0 Å². The summed E-state index contributed by atoms with van der Waals surface area (Å²) < 4.78 is 41.0. The number of nitrogens with one attached hydrogen (secondary N) is 1. The van der Waals surface area contributed by atoms with E-state index in [-0.39, 0.29) is 5.75 Å². The lowest BCUT2D eigenvalue weighted by molar-refractivity contribution is -0.274. The second kappa shape index (κ2) is 6.83. The molecule has 22 heavy (non-hydrogen) atoms. The number of ether oxygens (including phenoxy) is 1. The average Bonchev–Trinajstić information content (AvgIpc) is 2.45. The first-order chi connectivity index (χ1) is 10.3. The van der Waals surface area contributed by atoms with Crippen LogP contribution in [-0.2, 0) is 0 Å². The lowest BCUT2D eigenvalue weighted by Gasteiger charge is -2.09. The van der Waals surface area contributed by atoms with Gasteiger partial charge in [-0.1, -0.05) is 15.9 Å². The van der Waals surface area contributed by atoms with Crippen molar-refractivity contribution in [1.82, 2.24) is 0 Å². The third-order valence-electron chi connectivity index (χ3n) is 2.70. The fourth-order valence-electron chi connectivity index (χ4n) is 1.64. The van der Waals surface area contributed by atoms with E-state index in [0.717, 1.165) is 10.2 Å². The van der Waals surface area contributed by atoms with Crippen LogP contribution in [0.3, 0.4) is 0 Å². The molecule has 2 aromatic carbocycles. The van der Waals surface area contributed by atoms with Gasteiger partial charge in [0.1, 0.15) is 5.75 Å². The fourth-order valence-corrected chi connectivity index (χ4v) is 1.90. The first kappa shape index (κ1) is 16.4. The van der Waals surface area contributed by atoms with Crippen molar-refractivity contribution in [2.45, 2.75) is 13.3 Å². The van der Waals surface area contributed by atoms with Gasteiger partial charge in [-0.05, 0) is 61.0 Å². The molecule has 0 aliphatic carbocycles. The van der Waals surface area contributed by atoms with E-state index in [1.165, 1.54) is 24.3 Å². The number of hydrogen-bond donors (Lipinski definition) is 1. The number of anilines is 1. The van der Waals surface area contributed by atoms with Crippen LogP contribution in [0.4, 0.5) is 18.9 Å². The van der Waals surface area contributed by atoms with Gasteiger partial charge in [-0.3, -0.25) is 5.43 Å². The quantitative estimate of drug-likeness (QED) is 0.592. The first-order valence-electron chi connectivity index (χ1n) is 6.25. The van der Waals surface area contributed by atoms with Crippen molar-refractivity contribution < 1.29 is 17.9 Å². The van der Waals surface area contributed by atoms with Crippen molar-refractivity contribution in [3.8, 4) is 5.75 Å². The molecule has 0 bridgehead atoms. The Bertz CT molecular complexity index is 652. The molecule has 2 rings (SSSR count). The molecule has 0 atom stereocenters. The molecule has 3 nitrogen and oxygen atoms in total.